The van der Waals surface area contributed by atoms with Gasteiger partial charge in [0.1, 0.15) is 15.2 Å². The summed E-state index contributed by atoms with van der Waals surface area (Å²) in [6.45, 7) is 1.37. The Morgan fingerprint density at radius 1 is 1.40 bits per heavy atom. The maximum Gasteiger partial charge on any atom is 0.321 e. The first-order chi connectivity index (χ1) is 6.72. The zero-order valence-corrected chi connectivity index (χ0v) is 9.98. The summed E-state index contributed by atoms with van der Waals surface area (Å²) in [5.74, 6) is -0.807. The average Bonchev–Trinajstić information content (AvgIpc) is 2.01. The van der Waals surface area contributed by atoms with Crippen LogP contribution in [-0.2, 0) is 14.6 Å². The van der Waals surface area contributed by atoms with Gasteiger partial charge in [0.15, 0.2) is 0 Å². The van der Waals surface area contributed by atoms with Crippen LogP contribution in [0.4, 0.5) is 4.79 Å². The van der Waals surface area contributed by atoms with Crippen LogP contribution in [0, 0.1) is 0 Å². The van der Waals surface area contributed by atoms with Gasteiger partial charge in [0, 0.05) is 12.8 Å². The monoisotopic (exact) mass is 256 g/mol. The third-order valence-electron chi connectivity index (χ3n) is 1.36. The summed E-state index contributed by atoms with van der Waals surface area (Å²) in [5, 5.41) is 3.35. The minimum Gasteiger partial charge on any atom is -0.337 e. The fourth-order valence-corrected chi connectivity index (χ4v) is 1.13. The number of imide groups is 1. The summed E-state index contributed by atoms with van der Waals surface area (Å²) >= 11 is 5.39. The first kappa shape index (κ1) is 14.2. The highest BCUT2D eigenvalue weighted by atomic mass is 35.5. The fourth-order valence-electron chi connectivity index (χ4n) is 0.605. The van der Waals surface area contributed by atoms with Gasteiger partial charge in [0.05, 0.1) is 5.75 Å². The Kier molecular flexibility index (Phi) is 5.59. The van der Waals surface area contributed by atoms with E-state index in [0.717, 1.165) is 6.26 Å². The molecule has 0 rings (SSSR count). The smallest absolute Gasteiger partial charge is 0.321 e. The molecule has 0 bridgehead atoms. The number of nitrogens with one attached hydrogen (secondary N) is 2. The molecule has 88 valence electrons. The summed E-state index contributed by atoms with van der Waals surface area (Å²) in [6.07, 6.45) is 1.05. The van der Waals surface area contributed by atoms with Gasteiger partial charge in [0.25, 0.3) is 0 Å². The van der Waals surface area contributed by atoms with E-state index in [1.165, 1.54) is 6.92 Å². The van der Waals surface area contributed by atoms with Crippen molar-refractivity contribution in [2.45, 2.75) is 12.3 Å². The quantitative estimate of drug-likeness (QED) is 0.663. The number of sulfone groups is 1. The third kappa shape index (κ3) is 8.19. The Morgan fingerprint density at radius 3 is 2.33 bits per heavy atom. The van der Waals surface area contributed by atoms with E-state index in [0.29, 0.717) is 0 Å². The number of hydrogen-bond acceptors (Lipinski definition) is 4. The number of hydrogen-bond donors (Lipinski definition) is 2. The first-order valence-corrected chi connectivity index (χ1v) is 6.62. The molecule has 0 saturated heterocycles. The molecule has 15 heavy (non-hydrogen) atoms. The fraction of sp³-hybridized carbons (Fsp3) is 0.714. The van der Waals surface area contributed by atoms with E-state index in [-0.39, 0.29) is 12.3 Å². The van der Waals surface area contributed by atoms with Gasteiger partial charge in [-0.3, -0.25) is 10.1 Å². The molecule has 6 nitrogen and oxygen atoms in total. The van der Waals surface area contributed by atoms with Gasteiger partial charge in [-0.1, -0.05) is 0 Å². The summed E-state index contributed by atoms with van der Waals surface area (Å²) in [6, 6.07) is -0.754. The topological polar surface area (TPSA) is 92.3 Å². The van der Waals surface area contributed by atoms with E-state index >= 15 is 0 Å². The van der Waals surface area contributed by atoms with Crippen molar-refractivity contribution in [3.8, 4) is 0 Å². The molecule has 0 spiro atoms. The van der Waals surface area contributed by atoms with Crippen molar-refractivity contribution in [2.24, 2.45) is 0 Å². The predicted molar refractivity (Wildman–Crippen MR) is 56.6 cm³/mol. The number of rotatable bonds is 4. The van der Waals surface area contributed by atoms with Crippen molar-refractivity contribution in [3.63, 3.8) is 0 Å². The van der Waals surface area contributed by atoms with Crippen LogP contribution >= 0.6 is 11.6 Å². The van der Waals surface area contributed by atoms with Crippen LogP contribution in [-0.4, -0.2) is 44.3 Å². The second-order valence-electron chi connectivity index (χ2n) is 2.99. The standard InChI is InChI=1S/C7H13ClN2O4S/c1-5(8)6(11)10-7(12)9-3-4-15(2,13)14/h5H,3-4H2,1-2H3,(H2,9,10,11,12). The molecular weight excluding hydrogens is 244 g/mol. The Balaban J connectivity index is 3.82. The van der Waals surface area contributed by atoms with Crippen molar-refractivity contribution >= 4 is 33.4 Å². The molecule has 0 aromatic rings. The molecule has 1 atom stereocenters. The van der Waals surface area contributed by atoms with Gasteiger partial charge in [-0.15, -0.1) is 11.6 Å². The van der Waals surface area contributed by atoms with Crippen molar-refractivity contribution in [1.29, 1.82) is 0 Å². The molecule has 1 unspecified atom stereocenters. The molecule has 0 aliphatic heterocycles. The molecule has 0 fully saturated rings. The normalized spacial score (nSPS) is 13.0. The van der Waals surface area contributed by atoms with Crippen molar-refractivity contribution in [3.05, 3.63) is 0 Å². The van der Waals surface area contributed by atoms with Crippen LogP contribution in [0.2, 0.25) is 0 Å². The van der Waals surface area contributed by atoms with Gasteiger partial charge in [-0.05, 0) is 6.92 Å². The maximum atomic E-state index is 10.9. The number of urea groups is 1. The van der Waals surface area contributed by atoms with Crippen LogP contribution < -0.4 is 10.6 Å². The molecule has 0 aliphatic rings. The predicted octanol–water partition coefficient (Wildman–Crippen LogP) is -0.516. The zero-order chi connectivity index (χ0) is 12.1. The van der Waals surface area contributed by atoms with Crippen molar-refractivity contribution in [1.82, 2.24) is 10.6 Å². The Labute approximate surface area is 93.3 Å². The Hall–Kier alpha value is -0.820. The van der Waals surface area contributed by atoms with E-state index < -0.39 is 27.2 Å². The molecule has 3 amide bonds. The van der Waals surface area contributed by atoms with E-state index in [4.69, 9.17) is 11.6 Å². The van der Waals surface area contributed by atoms with Gasteiger partial charge in [-0.25, -0.2) is 13.2 Å². The molecular formula is C7H13ClN2O4S. The molecule has 0 radical (unpaired) electrons. The summed E-state index contributed by atoms with van der Waals surface area (Å²) in [4.78, 5) is 21.8. The highest BCUT2D eigenvalue weighted by molar-refractivity contribution is 7.90. The SMILES string of the molecule is CC(Cl)C(=O)NC(=O)NCCS(C)(=O)=O. The van der Waals surface area contributed by atoms with Crippen LogP contribution in [0.3, 0.4) is 0 Å². The molecule has 8 heteroatoms. The van der Waals surface area contributed by atoms with E-state index in [2.05, 4.69) is 5.32 Å². The number of halogens is 1. The van der Waals surface area contributed by atoms with Crippen molar-refractivity contribution in [2.75, 3.05) is 18.6 Å². The van der Waals surface area contributed by atoms with E-state index in [9.17, 15) is 18.0 Å². The Morgan fingerprint density at radius 2 is 1.93 bits per heavy atom. The van der Waals surface area contributed by atoms with Crippen LogP contribution in [0.25, 0.3) is 0 Å². The second kappa shape index (κ2) is 5.92. The van der Waals surface area contributed by atoms with Crippen LogP contribution in [0.5, 0.6) is 0 Å². The maximum absolute atomic E-state index is 10.9. The summed E-state index contributed by atoms with van der Waals surface area (Å²) in [7, 11) is -3.12. The Bertz CT molecular complexity index is 339. The molecule has 0 aromatic heterocycles. The van der Waals surface area contributed by atoms with Crippen LogP contribution in [0.15, 0.2) is 0 Å². The number of alkyl halides is 1. The lowest BCUT2D eigenvalue weighted by molar-refractivity contribution is -0.119. The summed E-state index contributed by atoms with van der Waals surface area (Å²) in [5.41, 5.74) is 0. The molecule has 0 aliphatic carbocycles. The summed E-state index contributed by atoms with van der Waals surface area (Å²) < 4.78 is 21.4. The lowest BCUT2D eigenvalue weighted by atomic mass is 10.4. The third-order valence-corrected chi connectivity index (χ3v) is 2.50. The van der Waals surface area contributed by atoms with Gasteiger partial charge in [-0.2, -0.15) is 0 Å². The van der Waals surface area contributed by atoms with E-state index in [1.807, 2.05) is 5.32 Å². The van der Waals surface area contributed by atoms with Gasteiger partial charge < -0.3 is 5.32 Å². The van der Waals surface area contributed by atoms with E-state index in [1.54, 1.807) is 0 Å². The molecule has 2 N–H and O–H groups in total. The first-order valence-electron chi connectivity index (χ1n) is 4.13. The lowest BCUT2D eigenvalue weighted by Crippen LogP contribution is -2.43. The number of carbonyl (C=O) groups is 2. The zero-order valence-electron chi connectivity index (χ0n) is 8.41. The average molecular weight is 257 g/mol. The lowest BCUT2D eigenvalue weighted by Gasteiger charge is -2.06. The second-order valence-corrected chi connectivity index (χ2v) is 5.91. The largest absolute Gasteiger partial charge is 0.337 e. The minimum atomic E-state index is -3.12. The van der Waals surface area contributed by atoms with Gasteiger partial charge >= 0.3 is 6.03 Å². The van der Waals surface area contributed by atoms with Crippen molar-refractivity contribution < 1.29 is 18.0 Å². The highest BCUT2D eigenvalue weighted by Gasteiger charge is 2.12. The number of carbonyl (C=O) groups excluding carboxylic acids is 2. The highest BCUT2D eigenvalue weighted by Crippen LogP contribution is 1.91. The van der Waals surface area contributed by atoms with Gasteiger partial charge in [0.2, 0.25) is 5.91 Å². The number of amides is 3. The molecule has 0 saturated carbocycles. The molecule has 0 aromatic carbocycles. The minimum absolute atomic E-state index is 0.0470. The van der Waals surface area contributed by atoms with Crippen LogP contribution in [0.1, 0.15) is 6.92 Å². The molecule has 0 heterocycles.